The van der Waals surface area contributed by atoms with Crippen LogP contribution in [0.5, 0.6) is 0 Å². The summed E-state index contributed by atoms with van der Waals surface area (Å²) in [5, 5.41) is 9.03. The second kappa shape index (κ2) is 4.53. The molecule has 0 saturated heterocycles. The Labute approximate surface area is 106 Å². The number of carboxylic acids is 1. The van der Waals surface area contributed by atoms with Crippen molar-refractivity contribution in [2.75, 3.05) is 0 Å². The molecule has 1 N–H and O–H groups in total. The number of alkyl halides is 3. The van der Waals surface area contributed by atoms with Crippen molar-refractivity contribution >= 4 is 16.9 Å². The number of aromatic nitrogens is 1. The Hall–Kier alpha value is -2.11. The molecule has 0 unspecified atom stereocenters. The number of halogens is 3. The van der Waals surface area contributed by atoms with E-state index in [1.807, 2.05) is 0 Å². The first-order chi connectivity index (χ1) is 8.79. The van der Waals surface area contributed by atoms with Crippen LogP contribution in [0.4, 0.5) is 13.2 Å². The summed E-state index contributed by atoms with van der Waals surface area (Å²) >= 11 is 0. The van der Waals surface area contributed by atoms with E-state index in [1.165, 1.54) is 25.1 Å². The molecule has 0 radical (unpaired) electrons. The molecule has 0 amide bonds. The lowest BCUT2D eigenvalue weighted by Crippen LogP contribution is -2.08. The average molecular weight is 269 g/mol. The zero-order chi connectivity index (χ0) is 14.2. The smallest absolute Gasteiger partial charge is 0.418 e. The van der Waals surface area contributed by atoms with Crippen LogP contribution in [-0.4, -0.2) is 16.1 Å². The quantitative estimate of drug-likeness (QED) is 0.910. The number of para-hydroxylation sites is 1. The topological polar surface area (TPSA) is 50.2 Å². The van der Waals surface area contributed by atoms with E-state index in [4.69, 9.17) is 5.11 Å². The van der Waals surface area contributed by atoms with Crippen molar-refractivity contribution in [3.8, 4) is 0 Å². The van der Waals surface area contributed by atoms with Crippen LogP contribution in [0.1, 0.15) is 16.8 Å². The number of aliphatic carboxylic acids is 1. The summed E-state index contributed by atoms with van der Waals surface area (Å²) in [7, 11) is 0. The maximum atomic E-state index is 12.9. The number of carboxylic acid groups (broad SMARTS) is 1. The fourth-order valence-electron chi connectivity index (χ4n) is 2.00. The highest BCUT2D eigenvalue weighted by Crippen LogP contribution is 2.35. The lowest BCUT2D eigenvalue weighted by molar-refractivity contribution is -0.137. The van der Waals surface area contributed by atoms with Crippen LogP contribution in [0.3, 0.4) is 0 Å². The van der Waals surface area contributed by atoms with Gasteiger partial charge in [0, 0.05) is 11.1 Å². The van der Waals surface area contributed by atoms with Crippen molar-refractivity contribution in [1.29, 1.82) is 0 Å². The van der Waals surface area contributed by atoms with Gasteiger partial charge in [-0.05, 0) is 24.6 Å². The molecule has 1 heterocycles. The molecule has 1 aromatic heterocycles. The number of aryl methyl sites for hydroxylation is 1. The highest BCUT2D eigenvalue weighted by Gasteiger charge is 2.33. The van der Waals surface area contributed by atoms with Crippen LogP contribution in [-0.2, 0) is 17.4 Å². The number of nitrogens with zero attached hydrogens (tertiary/aromatic N) is 1. The van der Waals surface area contributed by atoms with E-state index in [0.717, 1.165) is 6.07 Å². The first kappa shape index (κ1) is 13.3. The van der Waals surface area contributed by atoms with Crippen LogP contribution >= 0.6 is 0 Å². The van der Waals surface area contributed by atoms with Crippen molar-refractivity contribution in [3.05, 3.63) is 41.1 Å². The van der Waals surface area contributed by atoms with Gasteiger partial charge in [0.15, 0.2) is 0 Å². The van der Waals surface area contributed by atoms with Crippen molar-refractivity contribution < 1.29 is 23.1 Å². The van der Waals surface area contributed by atoms with Crippen molar-refractivity contribution in [2.45, 2.75) is 19.5 Å². The van der Waals surface area contributed by atoms with Crippen LogP contribution in [0, 0.1) is 6.92 Å². The van der Waals surface area contributed by atoms with Crippen LogP contribution < -0.4 is 0 Å². The van der Waals surface area contributed by atoms with E-state index >= 15 is 0 Å². The van der Waals surface area contributed by atoms with Gasteiger partial charge in [-0.25, -0.2) is 0 Å². The van der Waals surface area contributed by atoms with Gasteiger partial charge in [0.05, 0.1) is 17.5 Å². The summed E-state index contributed by atoms with van der Waals surface area (Å²) in [6, 6.07) is 5.15. The van der Waals surface area contributed by atoms with Gasteiger partial charge in [-0.3, -0.25) is 9.78 Å². The van der Waals surface area contributed by atoms with Gasteiger partial charge in [0.1, 0.15) is 0 Å². The number of hydrogen-bond acceptors (Lipinski definition) is 2. The van der Waals surface area contributed by atoms with E-state index in [-0.39, 0.29) is 17.3 Å². The third kappa shape index (κ3) is 2.67. The summed E-state index contributed by atoms with van der Waals surface area (Å²) in [5.74, 6) is -1.09. The second-order valence-corrected chi connectivity index (χ2v) is 4.19. The minimum atomic E-state index is -4.51. The SMILES string of the molecule is Cc1cc(CC(=O)O)c2cccc(C(F)(F)F)c2n1. The average Bonchev–Trinajstić information content (AvgIpc) is 2.25. The Balaban J connectivity index is 2.77. The van der Waals surface area contributed by atoms with Crippen LogP contribution in [0.2, 0.25) is 0 Å². The first-order valence-electron chi connectivity index (χ1n) is 5.47. The molecule has 1 aromatic carbocycles. The van der Waals surface area contributed by atoms with E-state index in [0.29, 0.717) is 11.3 Å². The fourth-order valence-corrected chi connectivity index (χ4v) is 2.00. The summed E-state index contributed by atoms with van der Waals surface area (Å²) < 4.78 is 38.7. The molecule has 0 fully saturated rings. The predicted octanol–water partition coefficient (Wildman–Crippen LogP) is 3.19. The van der Waals surface area contributed by atoms with Crippen molar-refractivity contribution in [2.24, 2.45) is 0 Å². The lowest BCUT2D eigenvalue weighted by atomic mass is 10.0. The molecule has 2 aromatic rings. The highest BCUT2D eigenvalue weighted by atomic mass is 19.4. The zero-order valence-corrected chi connectivity index (χ0v) is 9.95. The van der Waals surface area contributed by atoms with Gasteiger partial charge in [0.25, 0.3) is 0 Å². The molecule has 0 saturated carbocycles. The Kier molecular flexibility index (Phi) is 3.18. The molecular formula is C13H10F3NO2. The number of carbonyl (C=O) groups is 1. The molecule has 100 valence electrons. The first-order valence-corrected chi connectivity index (χ1v) is 5.47. The molecular weight excluding hydrogens is 259 g/mol. The predicted molar refractivity (Wildman–Crippen MR) is 62.8 cm³/mol. The molecule has 6 heteroatoms. The number of hydrogen-bond donors (Lipinski definition) is 1. The molecule has 0 atom stereocenters. The number of benzene rings is 1. The van der Waals surface area contributed by atoms with Gasteiger partial charge >= 0.3 is 12.1 Å². The monoisotopic (exact) mass is 269 g/mol. The molecule has 0 aliphatic heterocycles. The normalized spacial score (nSPS) is 11.8. The van der Waals surface area contributed by atoms with Gasteiger partial charge in [-0.15, -0.1) is 0 Å². The molecule has 0 bridgehead atoms. The van der Waals surface area contributed by atoms with Gasteiger partial charge in [-0.2, -0.15) is 13.2 Å². The Morgan fingerprint density at radius 1 is 1.37 bits per heavy atom. The minimum Gasteiger partial charge on any atom is -0.481 e. The number of rotatable bonds is 2. The Morgan fingerprint density at radius 2 is 2.05 bits per heavy atom. The fraction of sp³-hybridized carbons (Fsp3) is 0.231. The molecule has 2 rings (SSSR count). The number of pyridine rings is 1. The summed E-state index contributed by atoms with van der Waals surface area (Å²) in [6.07, 6.45) is -4.85. The standard InChI is InChI=1S/C13H10F3NO2/c1-7-5-8(6-11(18)19)9-3-2-4-10(12(9)17-7)13(14,15)16/h2-5H,6H2,1H3,(H,18,19). The molecule has 19 heavy (non-hydrogen) atoms. The maximum absolute atomic E-state index is 12.9. The van der Waals surface area contributed by atoms with E-state index in [9.17, 15) is 18.0 Å². The summed E-state index contributed by atoms with van der Waals surface area (Å²) in [6.45, 7) is 1.54. The molecule has 0 spiro atoms. The molecule has 3 nitrogen and oxygen atoms in total. The van der Waals surface area contributed by atoms with Gasteiger partial charge in [0.2, 0.25) is 0 Å². The van der Waals surface area contributed by atoms with E-state index < -0.39 is 17.7 Å². The molecule has 0 aliphatic carbocycles. The third-order valence-corrected chi connectivity index (χ3v) is 2.70. The molecule has 0 aliphatic rings. The third-order valence-electron chi connectivity index (χ3n) is 2.70. The van der Waals surface area contributed by atoms with Crippen molar-refractivity contribution in [3.63, 3.8) is 0 Å². The largest absolute Gasteiger partial charge is 0.481 e. The Morgan fingerprint density at radius 3 is 2.63 bits per heavy atom. The zero-order valence-electron chi connectivity index (χ0n) is 9.95. The lowest BCUT2D eigenvalue weighted by Gasteiger charge is -2.12. The van der Waals surface area contributed by atoms with E-state index in [2.05, 4.69) is 4.98 Å². The maximum Gasteiger partial charge on any atom is 0.418 e. The minimum absolute atomic E-state index is 0.203. The number of fused-ring (bicyclic) bond motifs is 1. The van der Waals surface area contributed by atoms with E-state index in [1.54, 1.807) is 0 Å². The highest BCUT2D eigenvalue weighted by molar-refractivity contribution is 5.88. The van der Waals surface area contributed by atoms with Crippen LogP contribution in [0.15, 0.2) is 24.3 Å². The van der Waals surface area contributed by atoms with Crippen LogP contribution in [0.25, 0.3) is 10.9 Å². The van der Waals surface area contributed by atoms with Gasteiger partial charge < -0.3 is 5.11 Å². The summed E-state index contributed by atoms with van der Waals surface area (Å²) in [5.41, 5.74) is -0.354. The van der Waals surface area contributed by atoms with Crippen molar-refractivity contribution in [1.82, 2.24) is 4.98 Å². The summed E-state index contributed by atoms with van der Waals surface area (Å²) in [4.78, 5) is 14.7. The second-order valence-electron chi connectivity index (χ2n) is 4.19. The van der Waals surface area contributed by atoms with Gasteiger partial charge in [-0.1, -0.05) is 12.1 Å². The Bertz CT molecular complexity index is 650.